The maximum atomic E-state index is 6.07. The van der Waals surface area contributed by atoms with Crippen LogP contribution in [0.15, 0.2) is 18.2 Å². The van der Waals surface area contributed by atoms with Crippen LogP contribution in [0, 0.1) is 0 Å². The maximum absolute atomic E-state index is 6.07. The van der Waals surface area contributed by atoms with Gasteiger partial charge in [0.1, 0.15) is 17.6 Å². The predicted octanol–water partition coefficient (Wildman–Crippen LogP) is 3.69. The van der Waals surface area contributed by atoms with Gasteiger partial charge >= 0.3 is 0 Å². The van der Waals surface area contributed by atoms with Crippen molar-refractivity contribution >= 4 is 0 Å². The number of hydrogen-bond acceptors (Lipinski definition) is 3. The zero-order valence-corrected chi connectivity index (χ0v) is 12.2. The molecule has 1 aromatic rings. The largest absolute Gasteiger partial charge is 0.494 e. The zero-order chi connectivity index (χ0) is 13.7. The van der Waals surface area contributed by atoms with Crippen LogP contribution in [0.25, 0.3) is 0 Å². The Balaban J connectivity index is 2.20. The monoisotopic (exact) mass is 263 g/mol. The molecule has 106 valence electrons. The van der Waals surface area contributed by atoms with Gasteiger partial charge in [0, 0.05) is 5.56 Å². The first kappa shape index (κ1) is 14.2. The lowest BCUT2D eigenvalue weighted by Crippen LogP contribution is -2.31. The van der Waals surface area contributed by atoms with Crippen LogP contribution < -0.4 is 14.8 Å². The van der Waals surface area contributed by atoms with Gasteiger partial charge in [-0.15, -0.1) is 0 Å². The maximum Gasteiger partial charge on any atom is 0.125 e. The topological polar surface area (TPSA) is 30.5 Å². The van der Waals surface area contributed by atoms with Gasteiger partial charge in [0.2, 0.25) is 0 Å². The van der Waals surface area contributed by atoms with Gasteiger partial charge in [-0.1, -0.05) is 20.3 Å². The van der Waals surface area contributed by atoms with Crippen LogP contribution in [0.5, 0.6) is 11.5 Å². The lowest BCUT2D eigenvalue weighted by molar-refractivity contribution is 0.178. The van der Waals surface area contributed by atoms with Crippen molar-refractivity contribution in [3.05, 3.63) is 23.8 Å². The molecule has 2 unspecified atom stereocenters. The van der Waals surface area contributed by atoms with Crippen LogP contribution in [0.3, 0.4) is 0 Å². The van der Waals surface area contributed by atoms with Crippen molar-refractivity contribution in [3.63, 3.8) is 0 Å². The van der Waals surface area contributed by atoms with Crippen molar-refractivity contribution in [2.75, 3.05) is 13.2 Å². The van der Waals surface area contributed by atoms with Gasteiger partial charge in [-0.2, -0.15) is 0 Å². The van der Waals surface area contributed by atoms with Gasteiger partial charge in [0.05, 0.1) is 12.6 Å². The molecule has 1 aliphatic rings. The summed E-state index contributed by atoms with van der Waals surface area (Å²) in [5.41, 5.74) is 1.25. The molecular weight excluding hydrogens is 238 g/mol. The summed E-state index contributed by atoms with van der Waals surface area (Å²) in [4.78, 5) is 0. The fourth-order valence-electron chi connectivity index (χ4n) is 2.62. The third-order valence-corrected chi connectivity index (χ3v) is 3.46. The molecule has 0 saturated heterocycles. The Bertz CT molecular complexity index is 406. The van der Waals surface area contributed by atoms with Crippen molar-refractivity contribution in [2.45, 2.75) is 52.2 Å². The quantitative estimate of drug-likeness (QED) is 0.814. The SMILES string of the molecule is CCCNC1c2cc(OCC)ccc2OC1CCC. The third-order valence-electron chi connectivity index (χ3n) is 3.46. The minimum atomic E-state index is 0.253. The van der Waals surface area contributed by atoms with Crippen LogP contribution in [0.4, 0.5) is 0 Å². The summed E-state index contributed by atoms with van der Waals surface area (Å²) in [7, 11) is 0. The van der Waals surface area contributed by atoms with E-state index in [9.17, 15) is 0 Å². The summed E-state index contributed by atoms with van der Waals surface area (Å²) >= 11 is 0. The number of hydrogen-bond donors (Lipinski definition) is 1. The normalized spacial score (nSPS) is 21.0. The van der Waals surface area contributed by atoms with E-state index in [-0.39, 0.29) is 6.10 Å². The molecule has 3 heteroatoms. The van der Waals surface area contributed by atoms with E-state index >= 15 is 0 Å². The zero-order valence-electron chi connectivity index (χ0n) is 12.2. The summed E-state index contributed by atoms with van der Waals surface area (Å²) in [6.07, 6.45) is 3.61. The molecule has 0 saturated carbocycles. The summed E-state index contributed by atoms with van der Waals surface area (Å²) in [6, 6.07) is 6.46. The molecule has 1 aliphatic heterocycles. The highest BCUT2D eigenvalue weighted by molar-refractivity contribution is 5.45. The number of rotatable bonds is 7. The van der Waals surface area contributed by atoms with E-state index < -0.39 is 0 Å². The summed E-state index contributed by atoms with van der Waals surface area (Å²) in [5.74, 6) is 1.95. The van der Waals surface area contributed by atoms with Crippen LogP contribution in [-0.2, 0) is 0 Å². The van der Waals surface area contributed by atoms with Crippen molar-refractivity contribution in [1.29, 1.82) is 0 Å². The van der Waals surface area contributed by atoms with Gasteiger partial charge in [-0.3, -0.25) is 0 Å². The van der Waals surface area contributed by atoms with Gasteiger partial charge in [-0.05, 0) is 44.5 Å². The smallest absolute Gasteiger partial charge is 0.125 e. The Kier molecular flexibility index (Phi) is 5.08. The summed E-state index contributed by atoms with van der Waals surface area (Å²) < 4.78 is 11.7. The Morgan fingerprint density at radius 3 is 2.74 bits per heavy atom. The van der Waals surface area contributed by atoms with E-state index in [1.807, 2.05) is 19.1 Å². The molecule has 0 aliphatic carbocycles. The Morgan fingerprint density at radius 1 is 1.21 bits per heavy atom. The molecular formula is C16H25NO2. The molecule has 2 rings (SSSR count). The second kappa shape index (κ2) is 6.80. The second-order valence-electron chi connectivity index (χ2n) is 5.01. The van der Waals surface area contributed by atoms with Gasteiger partial charge in [-0.25, -0.2) is 0 Å². The van der Waals surface area contributed by atoms with Gasteiger partial charge < -0.3 is 14.8 Å². The molecule has 1 heterocycles. The van der Waals surface area contributed by atoms with Gasteiger partial charge in [0.15, 0.2) is 0 Å². The van der Waals surface area contributed by atoms with E-state index in [2.05, 4.69) is 25.2 Å². The summed E-state index contributed by atoms with van der Waals surface area (Å²) in [6.45, 7) is 8.12. The molecule has 0 fully saturated rings. The van der Waals surface area contributed by atoms with Crippen LogP contribution in [0.2, 0.25) is 0 Å². The number of ether oxygens (including phenoxy) is 2. The fraction of sp³-hybridized carbons (Fsp3) is 0.625. The van der Waals surface area contributed by atoms with E-state index in [1.54, 1.807) is 0 Å². The first-order valence-corrected chi connectivity index (χ1v) is 7.46. The number of fused-ring (bicyclic) bond motifs is 1. The average Bonchev–Trinajstić information content (AvgIpc) is 2.74. The molecule has 0 aromatic heterocycles. The minimum Gasteiger partial charge on any atom is -0.494 e. The van der Waals surface area contributed by atoms with Gasteiger partial charge in [0.25, 0.3) is 0 Å². The van der Waals surface area contributed by atoms with E-state index in [4.69, 9.17) is 9.47 Å². The second-order valence-corrected chi connectivity index (χ2v) is 5.01. The van der Waals surface area contributed by atoms with E-state index in [0.29, 0.717) is 12.6 Å². The minimum absolute atomic E-state index is 0.253. The molecule has 2 atom stereocenters. The molecule has 0 amide bonds. The van der Waals surface area contributed by atoms with Crippen molar-refractivity contribution in [1.82, 2.24) is 5.32 Å². The molecule has 3 nitrogen and oxygen atoms in total. The van der Waals surface area contributed by atoms with Crippen molar-refractivity contribution in [2.24, 2.45) is 0 Å². The highest BCUT2D eigenvalue weighted by atomic mass is 16.5. The fourth-order valence-corrected chi connectivity index (χ4v) is 2.62. The molecule has 0 spiro atoms. The summed E-state index contributed by atoms with van der Waals surface area (Å²) in [5, 5.41) is 3.61. The first-order valence-electron chi connectivity index (χ1n) is 7.46. The molecule has 0 radical (unpaired) electrons. The molecule has 0 bridgehead atoms. The van der Waals surface area contributed by atoms with Crippen LogP contribution in [0.1, 0.15) is 51.6 Å². The number of benzene rings is 1. The van der Waals surface area contributed by atoms with E-state index in [1.165, 1.54) is 5.56 Å². The lowest BCUT2D eigenvalue weighted by atomic mass is 10.00. The lowest BCUT2D eigenvalue weighted by Gasteiger charge is -2.19. The third kappa shape index (κ3) is 3.21. The van der Waals surface area contributed by atoms with E-state index in [0.717, 1.165) is 37.3 Å². The Labute approximate surface area is 116 Å². The first-order chi connectivity index (χ1) is 9.30. The standard InChI is InChI=1S/C16H25NO2/c1-4-7-15-16(17-10-5-2)13-11-12(18-6-3)8-9-14(13)19-15/h8-9,11,15-17H,4-7,10H2,1-3H3. The highest BCUT2D eigenvalue weighted by Gasteiger charge is 2.33. The Hall–Kier alpha value is -1.22. The highest BCUT2D eigenvalue weighted by Crippen LogP contribution is 2.40. The van der Waals surface area contributed by atoms with Crippen LogP contribution in [-0.4, -0.2) is 19.3 Å². The molecule has 19 heavy (non-hydrogen) atoms. The predicted molar refractivity (Wildman–Crippen MR) is 78.0 cm³/mol. The molecule has 1 aromatic carbocycles. The molecule has 1 N–H and O–H groups in total. The number of nitrogens with one attached hydrogen (secondary N) is 1. The average molecular weight is 263 g/mol. The Morgan fingerprint density at radius 2 is 2.05 bits per heavy atom. The van der Waals surface area contributed by atoms with Crippen molar-refractivity contribution < 1.29 is 9.47 Å². The van der Waals surface area contributed by atoms with Crippen LogP contribution >= 0.6 is 0 Å². The van der Waals surface area contributed by atoms with Crippen molar-refractivity contribution in [3.8, 4) is 11.5 Å².